The standard InChI is InChI=1S/C17H22FN3O2/c1-17(2,3)23-16(22)21-8-4-5-14(11-21)20-15-7-6-13(18)9-12(15)10-19/h6-7,9,14,20H,4-5,8,11H2,1-3H3. The van der Waals surface area contributed by atoms with E-state index in [2.05, 4.69) is 5.32 Å². The number of nitriles is 1. The first-order valence-electron chi connectivity index (χ1n) is 7.72. The Kier molecular flexibility index (Phi) is 5.09. The monoisotopic (exact) mass is 319 g/mol. The van der Waals surface area contributed by atoms with Crippen molar-refractivity contribution in [3.05, 3.63) is 29.6 Å². The lowest BCUT2D eigenvalue weighted by molar-refractivity contribution is 0.0206. The first-order chi connectivity index (χ1) is 10.8. The van der Waals surface area contributed by atoms with Crippen LogP contribution in [0.25, 0.3) is 0 Å². The number of anilines is 1. The molecule has 5 nitrogen and oxygen atoms in total. The van der Waals surface area contributed by atoms with Gasteiger partial charge in [-0.3, -0.25) is 0 Å². The van der Waals surface area contributed by atoms with Gasteiger partial charge in [0.05, 0.1) is 11.3 Å². The van der Waals surface area contributed by atoms with Crippen molar-refractivity contribution in [2.75, 3.05) is 18.4 Å². The third-order valence-electron chi connectivity index (χ3n) is 3.53. The van der Waals surface area contributed by atoms with E-state index >= 15 is 0 Å². The summed E-state index contributed by atoms with van der Waals surface area (Å²) in [5.41, 5.74) is 0.326. The molecule has 0 aliphatic carbocycles. The Bertz CT molecular complexity index is 619. The SMILES string of the molecule is CC(C)(C)OC(=O)N1CCCC(Nc2ccc(F)cc2C#N)C1. The van der Waals surface area contributed by atoms with Gasteiger partial charge in [0.2, 0.25) is 0 Å². The molecule has 1 fully saturated rings. The van der Waals surface area contributed by atoms with Crippen LogP contribution in [0.2, 0.25) is 0 Å². The number of hydrogen-bond donors (Lipinski definition) is 1. The van der Waals surface area contributed by atoms with Gasteiger partial charge < -0.3 is 15.0 Å². The van der Waals surface area contributed by atoms with Crippen molar-refractivity contribution in [2.45, 2.75) is 45.3 Å². The van der Waals surface area contributed by atoms with Gasteiger partial charge in [-0.05, 0) is 51.8 Å². The number of carbonyl (C=O) groups is 1. The number of piperidine rings is 1. The van der Waals surface area contributed by atoms with E-state index in [9.17, 15) is 9.18 Å². The molecule has 6 heteroatoms. The smallest absolute Gasteiger partial charge is 0.410 e. The highest BCUT2D eigenvalue weighted by atomic mass is 19.1. The molecule has 1 aliphatic rings. The number of likely N-dealkylation sites (tertiary alicyclic amines) is 1. The minimum Gasteiger partial charge on any atom is -0.444 e. The van der Waals surface area contributed by atoms with Crippen molar-refractivity contribution in [3.63, 3.8) is 0 Å². The summed E-state index contributed by atoms with van der Waals surface area (Å²) in [6, 6.07) is 6.07. The summed E-state index contributed by atoms with van der Waals surface area (Å²) in [5.74, 6) is -0.439. The number of halogens is 1. The van der Waals surface area contributed by atoms with E-state index in [-0.39, 0.29) is 17.7 Å². The molecule has 1 amide bonds. The number of nitrogens with one attached hydrogen (secondary N) is 1. The Labute approximate surface area is 136 Å². The molecule has 0 aromatic heterocycles. The lowest BCUT2D eigenvalue weighted by Gasteiger charge is -2.35. The van der Waals surface area contributed by atoms with Crippen LogP contribution in [0, 0.1) is 17.1 Å². The summed E-state index contributed by atoms with van der Waals surface area (Å²) in [5, 5.41) is 12.3. The average molecular weight is 319 g/mol. The Morgan fingerprint density at radius 2 is 2.22 bits per heavy atom. The number of ether oxygens (including phenoxy) is 1. The lowest BCUT2D eigenvalue weighted by Crippen LogP contribution is -2.47. The van der Waals surface area contributed by atoms with E-state index < -0.39 is 11.4 Å². The van der Waals surface area contributed by atoms with Crippen LogP contribution < -0.4 is 5.32 Å². The predicted octanol–water partition coefficient (Wildman–Crippen LogP) is 3.51. The molecule has 1 N–H and O–H groups in total. The third-order valence-corrected chi connectivity index (χ3v) is 3.53. The lowest BCUT2D eigenvalue weighted by atomic mass is 10.0. The van der Waals surface area contributed by atoms with Gasteiger partial charge in [-0.2, -0.15) is 5.26 Å². The zero-order chi connectivity index (χ0) is 17.0. The fraction of sp³-hybridized carbons (Fsp3) is 0.529. The summed E-state index contributed by atoms with van der Waals surface area (Å²) in [4.78, 5) is 13.8. The van der Waals surface area contributed by atoms with Gasteiger partial charge in [0.1, 0.15) is 17.5 Å². The molecule has 1 aromatic rings. The van der Waals surface area contributed by atoms with Crippen molar-refractivity contribution in [2.24, 2.45) is 0 Å². The molecule has 1 aromatic carbocycles. The molecule has 1 heterocycles. The van der Waals surface area contributed by atoms with E-state index in [1.165, 1.54) is 12.1 Å². The molecule has 0 radical (unpaired) electrons. The molecule has 1 aliphatic heterocycles. The van der Waals surface area contributed by atoms with E-state index in [0.29, 0.717) is 18.8 Å². The highest BCUT2D eigenvalue weighted by Crippen LogP contribution is 2.21. The quantitative estimate of drug-likeness (QED) is 0.906. The fourth-order valence-corrected chi connectivity index (χ4v) is 2.54. The molecule has 2 rings (SSSR count). The summed E-state index contributed by atoms with van der Waals surface area (Å²) in [6.07, 6.45) is 1.39. The van der Waals surface area contributed by atoms with Crippen molar-refractivity contribution < 1.29 is 13.9 Å². The van der Waals surface area contributed by atoms with Crippen molar-refractivity contribution in [1.29, 1.82) is 5.26 Å². The van der Waals surface area contributed by atoms with Crippen LogP contribution in [0.15, 0.2) is 18.2 Å². The zero-order valence-electron chi connectivity index (χ0n) is 13.7. The summed E-state index contributed by atoms with van der Waals surface area (Å²) in [7, 11) is 0. The summed E-state index contributed by atoms with van der Waals surface area (Å²) in [6.45, 7) is 6.66. The van der Waals surface area contributed by atoms with E-state index in [4.69, 9.17) is 10.00 Å². The second kappa shape index (κ2) is 6.86. The molecule has 0 bridgehead atoms. The molecular weight excluding hydrogens is 297 g/mol. The molecule has 1 saturated heterocycles. The Hall–Kier alpha value is -2.29. The summed E-state index contributed by atoms with van der Waals surface area (Å²) < 4.78 is 18.6. The Balaban J connectivity index is 2.02. The molecule has 124 valence electrons. The van der Waals surface area contributed by atoms with Crippen LogP contribution >= 0.6 is 0 Å². The molecule has 1 atom stereocenters. The van der Waals surface area contributed by atoms with Gasteiger partial charge in [0.25, 0.3) is 0 Å². The van der Waals surface area contributed by atoms with Gasteiger partial charge in [0.15, 0.2) is 0 Å². The van der Waals surface area contributed by atoms with Crippen LogP contribution in [0.1, 0.15) is 39.2 Å². The second-order valence-corrected chi connectivity index (χ2v) is 6.71. The second-order valence-electron chi connectivity index (χ2n) is 6.71. The van der Waals surface area contributed by atoms with Gasteiger partial charge >= 0.3 is 6.09 Å². The van der Waals surface area contributed by atoms with E-state index in [0.717, 1.165) is 12.8 Å². The number of nitrogens with zero attached hydrogens (tertiary/aromatic N) is 2. The van der Waals surface area contributed by atoms with Gasteiger partial charge in [-0.25, -0.2) is 9.18 Å². The molecule has 1 unspecified atom stereocenters. The minimum atomic E-state index is -0.525. The topological polar surface area (TPSA) is 65.4 Å². The molecule has 0 spiro atoms. The normalized spacial score (nSPS) is 18.2. The van der Waals surface area contributed by atoms with Crippen molar-refractivity contribution in [3.8, 4) is 6.07 Å². The highest BCUT2D eigenvalue weighted by molar-refractivity contribution is 5.68. The fourth-order valence-electron chi connectivity index (χ4n) is 2.54. The zero-order valence-corrected chi connectivity index (χ0v) is 13.7. The van der Waals surface area contributed by atoms with Crippen LogP contribution in [0.3, 0.4) is 0 Å². The molecule has 0 saturated carbocycles. The van der Waals surface area contributed by atoms with Gasteiger partial charge in [-0.1, -0.05) is 0 Å². The molecule has 23 heavy (non-hydrogen) atoms. The molecular formula is C17H22FN3O2. The van der Waals surface area contributed by atoms with Crippen molar-refractivity contribution >= 4 is 11.8 Å². The van der Waals surface area contributed by atoms with Gasteiger partial charge in [0, 0.05) is 19.1 Å². The predicted molar refractivity (Wildman–Crippen MR) is 85.6 cm³/mol. The number of carbonyl (C=O) groups excluding carboxylic acids is 1. The van der Waals surface area contributed by atoms with E-state index in [1.54, 1.807) is 11.0 Å². The number of amides is 1. The number of benzene rings is 1. The Morgan fingerprint density at radius 3 is 2.87 bits per heavy atom. The number of hydrogen-bond acceptors (Lipinski definition) is 4. The van der Waals surface area contributed by atoms with Crippen LogP contribution in [-0.4, -0.2) is 35.7 Å². The minimum absolute atomic E-state index is 0.00818. The van der Waals surface area contributed by atoms with Crippen LogP contribution in [0.4, 0.5) is 14.9 Å². The maximum atomic E-state index is 13.2. The highest BCUT2D eigenvalue weighted by Gasteiger charge is 2.27. The third kappa shape index (κ3) is 4.85. The van der Waals surface area contributed by atoms with Crippen LogP contribution in [-0.2, 0) is 4.74 Å². The summed E-state index contributed by atoms with van der Waals surface area (Å²) >= 11 is 0. The maximum Gasteiger partial charge on any atom is 0.410 e. The van der Waals surface area contributed by atoms with E-state index in [1.807, 2.05) is 26.8 Å². The first-order valence-corrected chi connectivity index (χ1v) is 7.72. The average Bonchev–Trinajstić information content (AvgIpc) is 2.47. The van der Waals surface area contributed by atoms with Crippen LogP contribution in [0.5, 0.6) is 0 Å². The number of rotatable bonds is 2. The van der Waals surface area contributed by atoms with Crippen molar-refractivity contribution in [1.82, 2.24) is 4.90 Å². The maximum absolute atomic E-state index is 13.2. The first kappa shape index (κ1) is 17.1. The largest absolute Gasteiger partial charge is 0.444 e. The van der Waals surface area contributed by atoms with Gasteiger partial charge in [-0.15, -0.1) is 0 Å². The Morgan fingerprint density at radius 1 is 1.48 bits per heavy atom.